The summed E-state index contributed by atoms with van der Waals surface area (Å²) < 4.78 is 5.57. The minimum atomic E-state index is 0.192. The highest BCUT2D eigenvalue weighted by atomic mass is 16.5. The highest BCUT2D eigenvalue weighted by Crippen LogP contribution is 2.24. The first-order valence-electron chi connectivity index (χ1n) is 6.25. The third kappa shape index (κ3) is 4.33. The van der Waals surface area contributed by atoms with Crippen molar-refractivity contribution in [2.45, 2.75) is 59.0 Å². The molecule has 1 aliphatic rings. The summed E-state index contributed by atoms with van der Waals surface area (Å²) in [5.41, 5.74) is 0. The molecule has 0 aromatic heterocycles. The van der Waals surface area contributed by atoms with E-state index in [4.69, 9.17) is 4.74 Å². The molecular weight excluding hydrogens is 188 g/mol. The molecule has 0 heterocycles. The third-order valence-corrected chi connectivity index (χ3v) is 3.49. The SMILES string of the molecule is CC(C)C(C)OCC(=O)C1CCCCC1. The van der Waals surface area contributed by atoms with Gasteiger partial charge in [-0.1, -0.05) is 33.1 Å². The topological polar surface area (TPSA) is 26.3 Å². The van der Waals surface area contributed by atoms with Gasteiger partial charge in [-0.05, 0) is 25.7 Å². The standard InChI is InChI=1S/C13H24O2/c1-10(2)11(3)15-9-13(14)12-7-5-4-6-8-12/h10-12H,4-9H2,1-3H3. The van der Waals surface area contributed by atoms with Crippen LogP contribution in [0.2, 0.25) is 0 Å². The lowest BCUT2D eigenvalue weighted by molar-refractivity contribution is -0.130. The highest BCUT2D eigenvalue weighted by molar-refractivity contribution is 5.82. The quantitative estimate of drug-likeness (QED) is 0.699. The lowest BCUT2D eigenvalue weighted by Crippen LogP contribution is -2.26. The summed E-state index contributed by atoms with van der Waals surface area (Å²) >= 11 is 0. The van der Waals surface area contributed by atoms with Crippen LogP contribution in [0.5, 0.6) is 0 Å². The van der Waals surface area contributed by atoms with Crippen molar-refractivity contribution in [2.24, 2.45) is 11.8 Å². The minimum Gasteiger partial charge on any atom is -0.370 e. The first kappa shape index (κ1) is 12.7. The summed E-state index contributed by atoms with van der Waals surface area (Å²) in [7, 11) is 0. The van der Waals surface area contributed by atoms with E-state index >= 15 is 0 Å². The average molecular weight is 212 g/mol. The molecule has 1 fully saturated rings. The van der Waals surface area contributed by atoms with E-state index < -0.39 is 0 Å². The van der Waals surface area contributed by atoms with Crippen LogP contribution in [0.15, 0.2) is 0 Å². The van der Waals surface area contributed by atoms with E-state index in [9.17, 15) is 4.79 Å². The monoisotopic (exact) mass is 212 g/mol. The van der Waals surface area contributed by atoms with Crippen LogP contribution in [0.3, 0.4) is 0 Å². The van der Waals surface area contributed by atoms with Crippen molar-refractivity contribution in [1.82, 2.24) is 0 Å². The number of hydrogen-bond donors (Lipinski definition) is 0. The molecule has 0 amide bonds. The molecule has 1 rings (SSSR count). The molecule has 0 N–H and O–H groups in total. The molecule has 0 saturated heterocycles. The molecule has 0 spiro atoms. The van der Waals surface area contributed by atoms with Crippen molar-refractivity contribution >= 4 is 5.78 Å². The van der Waals surface area contributed by atoms with Crippen LogP contribution >= 0.6 is 0 Å². The second kappa shape index (κ2) is 6.26. The Morgan fingerprint density at radius 1 is 1.20 bits per heavy atom. The fourth-order valence-electron chi connectivity index (χ4n) is 1.95. The fraction of sp³-hybridized carbons (Fsp3) is 0.923. The van der Waals surface area contributed by atoms with Gasteiger partial charge < -0.3 is 4.74 Å². The molecule has 2 heteroatoms. The lowest BCUT2D eigenvalue weighted by Gasteiger charge is -2.22. The summed E-state index contributed by atoms with van der Waals surface area (Å²) in [6.45, 7) is 6.61. The maximum Gasteiger partial charge on any atom is 0.161 e. The summed E-state index contributed by atoms with van der Waals surface area (Å²) in [6.07, 6.45) is 6.09. The van der Waals surface area contributed by atoms with Gasteiger partial charge in [0.25, 0.3) is 0 Å². The summed E-state index contributed by atoms with van der Waals surface area (Å²) in [5.74, 6) is 1.10. The average Bonchev–Trinajstić information content (AvgIpc) is 2.26. The molecule has 15 heavy (non-hydrogen) atoms. The van der Waals surface area contributed by atoms with Crippen molar-refractivity contribution in [3.05, 3.63) is 0 Å². The van der Waals surface area contributed by atoms with Gasteiger partial charge in [0.05, 0.1) is 6.10 Å². The molecule has 0 aliphatic heterocycles. The molecule has 0 bridgehead atoms. The van der Waals surface area contributed by atoms with Gasteiger partial charge in [-0.2, -0.15) is 0 Å². The second-order valence-electron chi connectivity index (χ2n) is 5.06. The largest absolute Gasteiger partial charge is 0.370 e. The van der Waals surface area contributed by atoms with Gasteiger partial charge in [-0.3, -0.25) is 4.79 Å². The molecule has 1 atom stereocenters. The predicted molar refractivity (Wildman–Crippen MR) is 61.8 cm³/mol. The molecule has 2 nitrogen and oxygen atoms in total. The molecule has 0 radical (unpaired) electrons. The number of hydrogen-bond acceptors (Lipinski definition) is 2. The number of ketones is 1. The molecule has 1 aliphatic carbocycles. The van der Waals surface area contributed by atoms with Gasteiger partial charge in [0.1, 0.15) is 6.61 Å². The molecule has 1 saturated carbocycles. The van der Waals surface area contributed by atoms with E-state index in [-0.39, 0.29) is 12.0 Å². The van der Waals surface area contributed by atoms with Crippen LogP contribution in [0.25, 0.3) is 0 Å². The smallest absolute Gasteiger partial charge is 0.161 e. The second-order valence-corrected chi connectivity index (χ2v) is 5.06. The molecule has 0 aromatic carbocycles. The van der Waals surface area contributed by atoms with Gasteiger partial charge in [-0.25, -0.2) is 0 Å². The van der Waals surface area contributed by atoms with E-state index in [1.807, 2.05) is 6.92 Å². The van der Waals surface area contributed by atoms with E-state index in [1.54, 1.807) is 0 Å². The van der Waals surface area contributed by atoms with Crippen LogP contribution in [0.1, 0.15) is 52.9 Å². The highest BCUT2D eigenvalue weighted by Gasteiger charge is 2.21. The number of carbonyl (C=O) groups is 1. The molecule has 0 aromatic rings. The Morgan fingerprint density at radius 3 is 2.33 bits per heavy atom. The predicted octanol–water partition coefficient (Wildman–Crippen LogP) is 3.20. The maximum absolute atomic E-state index is 11.8. The van der Waals surface area contributed by atoms with Crippen LogP contribution in [-0.4, -0.2) is 18.5 Å². The van der Waals surface area contributed by atoms with Gasteiger partial charge in [0, 0.05) is 5.92 Å². The Morgan fingerprint density at radius 2 is 1.80 bits per heavy atom. The number of ether oxygens (including phenoxy) is 1. The lowest BCUT2D eigenvalue weighted by atomic mass is 9.86. The molecular formula is C13H24O2. The zero-order valence-electron chi connectivity index (χ0n) is 10.3. The summed E-state index contributed by atoms with van der Waals surface area (Å²) in [4.78, 5) is 11.8. The van der Waals surface area contributed by atoms with Crippen molar-refractivity contribution in [3.8, 4) is 0 Å². The van der Waals surface area contributed by atoms with Gasteiger partial charge in [-0.15, -0.1) is 0 Å². The first-order chi connectivity index (χ1) is 7.11. The maximum atomic E-state index is 11.8. The Balaban J connectivity index is 2.22. The first-order valence-corrected chi connectivity index (χ1v) is 6.25. The summed E-state index contributed by atoms with van der Waals surface area (Å²) in [5, 5.41) is 0. The third-order valence-electron chi connectivity index (χ3n) is 3.49. The minimum absolute atomic E-state index is 0.192. The van der Waals surface area contributed by atoms with Crippen LogP contribution in [0, 0.1) is 11.8 Å². The zero-order valence-corrected chi connectivity index (χ0v) is 10.3. The Bertz CT molecular complexity index is 193. The van der Waals surface area contributed by atoms with Crippen molar-refractivity contribution < 1.29 is 9.53 Å². The fourth-order valence-corrected chi connectivity index (χ4v) is 1.95. The van der Waals surface area contributed by atoms with E-state index in [2.05, 4.69) is 13.8 Å². The van der Waals surface area contributed by atoms with E-state index in [0.29, 0.717) is 18.3 Å². The Hall–Kier alpha value is -0.370. The van der Waals surface area contributed by atoms with Crippen LogP contribution < -0.4 is 0 Å². The van der Waals surface area contributed by atoms with Crippen LogP contribution in [-0.2, 0) is 9.53 Å². The van der Waals surface area contributed by atoms with Gasteiger partial charge in [0.15, 0.2) is 5.78 Å². The van der Waals surface area contributed by atoms with Crippen molar-refractivity contribution in [2.75, 3.05) is 6.61 Å². The van der Waals surface area contributed by atoms with Crippen molar-refractivity contribution in [3.63, 3.8) is 0 Å². The van der Waals surface area contributed by atoms with E-state index in [1.165, 1.54) is 19.3 Å². The molecule has 1 unspecified atom stereocenters. The zero-order chi connectivity index (χ0) is 11.3. The van der Waals surface area contributed by atoms with Gasteiger partial charge >= 0.3 is 0 Å². The van der Waals surface area contributed by atoms with Gasteiger partial charge in [0.2, 0.25) is 0 Å². The summed E-state index contributed by atoms with van der Waals surface area (Å²) in [6, 6.07) is 0. The number of rotatable bonds is 5. The van der Waals surface area contributed by atoms with Crippen molar-refractivity contribution in [1.29, 1.82) is 0 Å². The Kier molecular flexibility index (Phi) is 5.30. The van der Waals surface area contributed by atoms with Crippen LogP contribution in [0.4, 0.5) is 0 Å². The molecule has 88 valence electrons. The number of carbonyl (C=O) groups excluding carboxylic acids is 1. The Labute approximate surface area is 93.4 Å². The number of Topliss-reactive ketones (excluding diaryl/α,β-unsaturated/α-hetero) is 1. The normalized spacial score (nSPS) is 20.5. The van der Waals surface area contributed by atoms with E-state index in [0.717, 1.165) is 12.8 Å².